The highest BCUT2D eigenvalue weighted by atomic mass is 32.1. The molecule has 6 heterocycles. The van der Waals surface area contributed by atoms with Gasteiger partial charge in [0.1, 0.15) is 29.8 Å². The highest BCUT2D eigenvalue weighted by Crippen LogP contribution is 2.42. The second-order valence-corrected chi connectivity index (χ2v) is 17.0. The Morgan fingerprint density at radius 2 is 1.50 bits per heavy atom. The van der Waals surface area contributed by atoms with Crippen molar-refractivity contribution in [2.45, 2.75) is 57.8 Å². The van der Waals surface area contributed by atoms with Crippen molar-refractivity contribution >= 4 is 55.9 Å². The quantitative estimate of drug-likeness (QED) is 0.0971. The van der Waals surface area contributed by atoms with Crippen LogP contribution in [0.1, 0.15) is 69.0 Å². The van der Waals surface area contributed by atoms with E-state index in [0.717, 1.165) is 50.9 Å². The molecule has 0 unspecified atom stereocenters. The van der Waals surface area contributed by atoms with Crippen LogP contribution >= 0.6 is 22.7 Å². The first-order valence-corrected chi connectivity index (χ1v) is 20.9. The molecule has 2 aliphatic rings. The number of nitrogens with zero attached hydrogens (tertiary/aromatic N) is 4. The molecule has 0 aliphatic carbocycles. The zero-order chi connectivity index (χ0) is 40.5. The molecule has 58 heavy (non-hydrogen) atoms. The van der Waals surface area contributed by atoms with E-state index in [1.807, 2.05) is 62.5 Å². The van der Waals surface area contributed by atoms with Crippen molar-refractivity contribution < 1.29 is 23.9 Å². The van der Waals surface area contributed by atoms with Gasteiger partial charge in [0.05, 0.1) is 41.8 Å². The number of benzene rings is 2. The van der Waals surface area contributed by atoms with E-state index in [4.69, 9.17) is 9.72 Å². The maximum absolute atomic E-state index is 13.9. The Hall–Kier alpha value is -6.06. The number of amides is 4. The number of fused-ring (bicyclic) bond motifs is 1. The number of imidazole rings is 2. The van der Waals surface area contributed by atoms with Gasteiger partial charge in [0.25, 0.3) is 5.91 Å². The van der Waals surface area contributed by atoms with Crippen LogP contribution in [0.3, 0.4) is 0 Å². The lowest BCUT2D eigenvalue weighted by atomic mass is 10.0. The van der Waals surface area contributed by atoms with E-state index in [0.29, 0.717) is 24.5 Å². The number of nitrogens with one attached hydrogen (secondary N) is 4. The van der Waals surface area contributed by atoms with Gasteiger partial charge in [-0.3, -0.25) is 14.4 Å². The largest absolute Gasteiger partial charge is 0.453 e. The maximum Gasteiger partial charge on any atom is 0.407 e. The first-order chi connectivity index (χ1) is 28.1. The molecule has 298 valence electrons. The second-order valence-electron chi connectivity index (χ2n) is 14.8. The summed E-state index contributed by atoms with van der Waals surface area (Å²) < 4.78 is 7.18. The standard InChI is InChI=1S/C43H44N8O5S2/c1-24(2)37(46-25(3)52)41(53)50-18-8-12-31(50)39-44-22-29(47-39)26-14-16-27(17-15-26)33-20-35-36(57-33)21-34(58-35)30-23-45-40(48-30)32-13-9-19-51(32)42(54)38(49-43(55)56-4)28-10-6-5-7-11-28/h5-8,10-12,14-17,20-24,31-32,37-38H,9,13,18-19H2,1-4H3,(H,44,47)(H,45,48)(H,46,52)(H,49,55)/t31-,32-,37-,38+/m0/s1. The zero-order valence-corrected chi connectivity index (χ0v) is 34.2. The molecule has 4 amide bonds. The first-order valence-electron chi connectivity index (χ1n) is 19.3. The lowest BCUT2D eigenvalue weighted by Crippen LogP contribution is -2.50. The minimum absolute atomic E-state index is 0.0535. The number of alkyl carbamates (subject to hydrolysis) is 1. The number of rotatable bonds is 11. The fraction of sp³-hybridized carbons (Fsp3) is 0.302. The lowest BCUT2D eigenvalue weighted by molar-refractivity contribution is -0.137. The number of H-pyrrole nitrogens is 2. The predicted molar refractivity (Wildman–Crippen MR) is 225 cm³/mol. The van der Waals surface area contributed by atoms with Gasteiger partial charge in [-0.05, 0) is 47.6 Å². The summed E-state index contributed by atoms with van der Waals surface area (Å²) in [4.78, 5) is 73.5. The van der Waals surface area contributed by atoms with Crippen molar-refractivity contribution in [3.63, 3.8) is 0 Å². The van der Waals surface area contributed by atoms with Crippen LogP contribution in [0.5, 0.6) is 0 Å². The van der Waals surface area contributed by atoms with Gasteiger partial charge >= 0.3 is 6.09 Å². The van der Waals surface area contributed by atoms with Gasteiger partial charge in [-0.1, -0.05) is 80.6 Å². The number of ether oxygens (including phenoxy) is 1. The van der Waals surface area contributed by atoms with Crippen LogP contribution in [0.4, 0.5) is 4.79 Å². The Bertz CT molecular complexity index is 2450. The minimum Gasteiger partial charge on any atom is -0.453 e. The van der Waals surface area contributed by atoms with Crippen LogP contribution in [0.25, 0.3) is 41.7 Å². The van der Waals surface area contributed by atoms with E-state index < -0.39 is 18.2 Å². The molecule has 0 saturated carbocycles. The summed E-state index contributed by atoms with van der Waals surface area (Å²) in [5.74, 6) is 0.773. The van der Waals surface area contributed by atoms with Gasteiger partial charge in [-0.2, -0.15) is 0 Å². The summed E-state index contributed by atoms with van der Waals surface area (Å²) in [6.45, 7) is 6.29. The van der Waals surface area contributed by atoms with E-state index in [2.05, 4.69) is 62.0 Å². The monoisotopic (exact) mass is 816 g/mol. The van der Waals surface area contributed by atoms with Crippen LogP contribution < -0.4 is 10.6 Å². The van der Waals surface area contributed by atoms with E-state index in [9.17, 15) is 19.2 Å². The molecule has 1 fully saturated rings. The topological polar surface area (TPSA) is 165 Å². The van der Waals surface area contributed by atoms with Crippen molar-refractivity contribution in [3.8, 4) is 32.3 Å². The summed E-state index contributed by atoms with van der Waals surface area (Å²) in [6, 6.07) is 19.9. The molecule has 6 aromatic rings. The summed E-state index contributed by atoms with van der Waals surface area (Å²) in [5, 5.41) is 5.53. The molecule has 0 bridgehead atoms. The van der Waals surface area contributed by atoms with Gasteiger partial charge in [0.2, 0.25) is 11.8 Å². The van der Waals surface area contributed by atoms with Gasteiger partial charge in [-0.15, -0.1) is 22.7 Å². The number of thiophene rings is 2. The Morgan fingerprint density at radius 3 is 2.22 bits per heavy atom. The van der Waals surface area contributed by atoms with Crippen molar-refractivity contribution in [1.82, 2.24) is 40.4 Å². The van der Waals surface area contributed by atoms with Crippen molar-refractivity contribution in [2.75, 3.05) is 20.2 Å². The van der Waals surface area contributed by atoms with Crippen LogP contribution in [0, 0.1) is 5.92 Å². The van der Waals surface area contributed by atoms with E-state index in [1.54, 1.807) is 38.7 Å². The molecular weight excluding hydrogens is 773 g/mol. The third kappa shape index (κ3) is 7.79. The predicted octanol–water partition coefficient (Wildman–Crippen LogP) is 7.77. The molecule has 1 saturated heterocycles. The summed E-state index contributed by atoms with van der Waals surface area (Å²) >= 11 is 3.42. The highest BCUT2D eigenvalue weighted by molar-refractivity contribution is 7.31. The van der Waals surface area contributed by atoms with E-state index in [1.165, 1.54) is 23.4 Å². The molecule has 4 aromatic heterocycles. The summed E-state index contributed by atoms with van der Waals surface area (Å²) in [5.41, 5.74) is 4.52. The number of methoxy groups -OCH3 is 1. The lowest BCUT2D eigenvalue weighted by Gasteiger charge is -2.30. The molecule has 2 aliphatic heterocycles. The molecular formula is C43H44N8O5S2. The number of aromatic amines is 2. The van der Waals surface area contributed by atoms with Crippen molar-refractivity contribution in [3.05, 3.63) is 108 Å². The summed E-state index contributed by atoms with van der Waals surface area (Å²) in [6.07, 6.45) is 8.48. The SMILES string of the molecule is COC(=O)N[C@@H](C(=O)N1CCC[C@H]1c1ncc(-c2cc3sc(-c4ccc(-c5cnc([C@@H]6C=CCN6C(=O)[C@@H](NC(C)=O)C(C)C)[nH]5)cc4)cc3s2)[nH]1)c1ccccc1. The van der Waals surface area contributed by atoms with Gasteiger partial charge < -0.3 is 35.1 Å². The molecule has 0 spiro atoms. The molecule has 0 radical (unpaired) electrons. The molecule has 13 nitrogen and oxygen atoms in total. The Kier molecular flexibility index (Phi) is 11.0. The Labute approximate surface area is 343 Å². The normalized spacial score (nSPS) is 17.5. The third-order valence-corrected chi connectivity index (χ3v) is 13.0. The van der Waals surface area contributed by atoms with Gasteiger partial charge in [-0.25, -0.2) is 14.8 Å². The number of hydrogen-bond donors (Lipinski definition) is 4. The average molecular weight is 817 g/mol. The number of likely N-dealkylation sites (tertiary alicyclic amines) is 1. The van der Waals surface area contributed by atoms with E-state index in [-0.39, 0.29) is 35.7 Å². The Morgan fingerprint density at radius 1 is 0.828 bits per heavy atom. The number of carbonyl (C=O) groups is 4. The average Bonchev–Trinajstić information content (AvgIpc) is 4.08. The van der Waals surface area contributed by atoms with Crippen molar-refractivity contribution in [2.24, 2.45) is 5.92 Å². The van der Waals surface area contributed by atoms with Crippen LogP contribution in [0.15, 0.2) is 91.3 Å². The summed E-state index contributed by atoms with van der Waals surface area (Å²) in [7, 11) is 1.28. The fourth-order valence-corrected chi connectivity index (χ4v) is 10.0. The molecule has 15 heteroatoms. The smallest absolute Gasteiger partial charge is 0.407 e. The molecule has 2 aromatic carbocycles. The van der Waals surface area contributed by atoms with Gasteiger partial charge in [0.15, 0.2) is 0 Å². The zero-order valence-electron chi connectivity index (χ0n) is 32.5. The number of aromatic nitrogens is 4. The molecule has 4 atom stereocenters. The van der Waals surface area contributed by atoms with Crippen molar-refractivity contribution in [1.29, 1.82) is 0 Å². The fourth-order valence-electron chi connectivity index (χ4n) is 7.68. The first kappa shape index (κ1) is 38.8. The number of carbonyl (C=O) groups excluding carboxylic acids is 4. The van der Waals surface area contributed by atoms with Gasteiger partial charge in [0, 0.05) is 34.3 Å². The number of hydrogen-bond acceptors (Lipinski definition) is 9. The maximum atomic E-state index is 13.9. The second kappa shape index (κ2) is 16.4. The molecule has 4 N–H and O–H groups in total. The highest BCUT2D eigenvalue weighted by Gasteiger charge is 2.38. The minimum atomic E-state index is -0.873. The van der Waals surface area contributed by atoms with E-state index >= 15 is 0 Å². The molecule has 8 rings (SSSR count). The van der Waals surface area contributed by atoms with Crippen LogP contribution in [-0.4, -0.2) is 79.8 Å². The van der Waals surface area contributed by atoms with Crippen LogP contribution in [0.2, 0.25) is 0 Å². The third-order valence-electron chi connectivity index (χ3n) is 10.6. The van der Waals surface area contributed by atoms with Crippen LogP contribution in [-0.2, 0) is 19.1 Å². The Balaban J connectivity index is 0.941.